The van der Waals surface area contributed by atoms with Crippen molar-refractivity contribution >= 4 is 11.6 Å². The quantitative estimate of drug-likeness (QED) is 0.463. The zero-order valence-corrected chi connectivity index (χ0v) is 18.0. The predicted octanol–water partition coefficient (Wildman–Crippen LogP) is 5.35. The molecule has 4 heteroatoms. The van der Waals surface area contributed by atoms with Crippen molar-refractivity contribution in [3.8, 4) is 0 Å². The lowest BCUT2D eigenvalue weighted by atomic mass is 9.46. The van der Waals surface area contributed by atoms with Gasteiger partial charge in [0.25, 0.3) is 5.79 Å². The number of rotatable bonds is 5. The maximum absolute atomic E-state index is 13.4. The summed E-state index contributed by atoms with van der Waals surface area (Å²) in [6.45, 7) is 13.7. The average molecular weight is 399 g/mol. The molecule has 29 heavy (non-hydrogen) atoms. The largest absolute Gasteiger partial charge is 0.460 e. The lowest BCUT2D eigenvalue weighted by Crippen LogP contribution is -2.55. The van der Waals surface area contributed by atoms with Crippen LogP contribution in [0.5, 0.6) is 0 Å². The first-order chi connectivity index (χ1) is 13.7. The van der Waals surface area contributed by atoms with Crippen LogP contribution in [-0.2, 0) is 19.1 Å². The van der Waals surface area contributed by atoms with Gasteiger partial charge in [-0.25, -0.2) is 0 Å². The number of hydrogen-bond acceptors (Lipinski definition) is 4. The Bertz CT molecular complexity index is 770. The van der Waals surface area contributed by atoms with Crippen LogP contribution >= 0.6 is 0 Å². The minimum absolute atomic E-state index is 0.0211. The van der Waals surface area contributed by atoms with Crippen LogP contribution < -0.4 is 0 Å². The Hall–Kier alpha value is -1.84. The molecule has 0 aromatic heterocycles. The smallest absolute Gasteiger partial charge is 0.253 e. The zero-order chi connectivity index (χ0) is 21.0. The number of ether oxygens (including phenoxy) is 2. The molecule has 0 aliphatic heterocycles. The minimum Gasteiger partial charge on any atom is -0.460 e. The lowest BCUT2D eigenvalue weighted by Gasteiger charge is -2.58. The number of carbonyl (C=O) groups excluding carboxylic acids is 2. The molecule has 4 rings (SSSR count). The highest BCUT2D eigenvalue weighted by molar-refractivity contribution is 5.95. The van der Waals surface area contributed by atoms with E-state index in [4.69, 9.17) is 9.47 Å². The molecular formula is C25H34O4. The van der Waals surface area contributed by atoms with E-state index in [2.05, 4.69) is 27.0 Å². The van der Waals surface area contributed by atoms with Crippen molar-refractivity contribution in [1.29, 1.82) is 0 Å². The monoisotopic (exact) mass is 398 g/mol. The van der Waals surface area contributed by atoms with Crippen LogP contribution in [0.3, 0.4) is 0 Å². The fraction of sp³-hybridized carbons (Fsp3) is 0.680. The molecule has 0 aromatic rings. The van der Waals surface area contributed by atoms with Gasteiger partial charge in [-0.3, -0.25) is 9.59 Å². The third-order valence-electron chi connectivity index (χ3n) is 9.04. The van der Waals surface area contributed by atoms with Gasteiger partial charge in [0.2, 0.25) is 0 Å². The molecule has 0 aromatic carbocycles. The Morgan fingerprint density at radius 1 is 1.07 bits per heavy atom. The van der Waals surface area contributed by atoms with Crippen LogP contribution in [0.4, 0.5) is 0 Å². The Morgan fingerprint density at radius 3 is 2.38 bits per heavy atom. The highest BCUT2D eigenvalue weighted by Gasteiger charge is 2.62. The molecule has 3 fully saturated rings. The highest BCUT2D eigenvalue weighted by Crippen LogP contribution is 2.66. The number of carbonyl (C=O) groups is 2. The molecule has 0 unspecified atom stereocenters. The van der Waals surface area contributed by atoms with Crippen molar-refractivity contribution in [2.24, 2.45) is 34.5 Å². The fourth-order valence-corrected chi connectivity index (χ4v) is 7.55. The number of hydrogen-bond donors (Lipinski definition) is 0. The first kappa shape index (κ1) is 20.4. The van der Waals surface area contributed by atoms with E-state index in [1.54, 1.807) is 6.92 Å². The standard InChI is InChI=1S/C25H34O4/c1-6-28-25(29-7-2)13-12-23(4)17(15-25)14-21(27)22-19-9-8-18(16(3)26)24(19,5)11-10-20(22)23/h6-7,14,18-20,22H,1-2,8-13,15H2,3-5H3/t18-,19+,20+,22+,23+,24-/m1/s1. The third-order valence-corrected chi connectivity index (χ3v) is 9.04. The molecule has 0 radical (unpaired) electrons. The summed E-state index contributed by atoms with van der Waals surface area (Å²) in [7, 11) is 0. The second-order valence-corrected chi connectivity index (χ2v) is 10.2. The molecular weight excluding hydrogens is 364 g/mol. The van der Waals surface area contributed by atoms with E-state index in [9.17, 15) is 9.59 Å². The normalized spacial score (nSPS) is 42.6. The van der Waals surface area contributed by atoms with E-state index >= 15 is 0 Å². The lowest BCUT2D eigenvalue weighted by molar-refractivity contribution is -0.198. The molecule has 4 aliphatic rings. The summed E-state index contributed by atoms with van der Waals surface area (Å²) in [6.07, 6.45) is 10.9. The van der Waals surface area contributed by atoms with Crippen molar-refractivity contribution in [2.45, 2.75) is 71.5 Å². The summed E-state index contributed by atoms with van der Waals surface area (Å²) in [5, 5.41) is 0. The van der Waals surface area contributed by atoms with Crippen LogP contribution in [-0.4, -0.2) is 17.4 Å². The molecule has 158 valence electrons. The van der Waals surface area contributed by atoms with Gasteiger partial charge in [-0.2, -0.15) is 0 Å². The predicted molar refractivity (Wildman–Crippen MR) is 112 cm³/mol. The topological polar surface area (TPSA) is 52.6 Å². The Labute approximate surface area is 174 Å². The van der Waals surface area contributed by atoms with Gasteiger partial charge in [-0.05, 0) is 67.8 Å². The Kier molecular flexibility index (Phi) is 4.83. The van der Waals surface area contributed by atoms with Gasteiger partial charge in [0, 0.05) is 24.7 Å². The second-order valence-electron chi connectivity index (χ2n) is 10.2. The third kappa shape index (κ3) is 2.85. The van der Waals surface area contributed by atoms with Gasteiger partial charge in [-0.15, -0.1) is 0 Å². The number of fused-ring (bicyclic) bond motifs is 5. The summed E-state index contributed by atoms with van der Waals surface area (Å²) in [5.74, 6) is 0.543. The van der Waals surface area contributed by atoms with Crippen LogP contribution in [0.25, 0.3) is 0 Å². The van der Waals surface area contributed by atoms with E-state index < -0.39 is 5.79 Å². The highest BCUT2D eigenvalue weighted by atomic mass is 16.7. The van der Waals surface area contributed by atoms with Crippen LogP contribution in [0.2, 0.25) is 0 Å². The van der Waals surface area contributed by atoms with Gasteiger partial charge in [0.15, 0.2) is 5.78 Å². The molecule has 0 spiro atoms. The summed E-state index contributed by atoms with van der Waals surface area (Å²) in [5.41, 5.74) is 1.09. The van der Waals surface area contributed by atoms with E-state index in [-0.39, 0.29) is 28.4 Å². The number of ketones is 2. The number of allylic oxidation sites excluding steroid dienone is 1. The Morgan fingerprint density at radius 2 is 1.76 bits per heavy atom. The summed E-state index contributed by atoms with van der Waals surface area (Å²) >= 11 is 0. The minimum atomic E-state index is -0.807. The maximum atomic E-state index is 13.4. The van der Waals surface area contributed by atoms with E-state index in [0.29, 0.717) is 24.0 Å². The van der Waals surface area contributed by atoms with E-state index in [1.165, 1.54) is 12.5 Å². The molecule has 6 atom stereocenters. The average Bonchev–Trinajstić information content (AvgIpc) is 3.01. The van der Waals surface area contributed by atoms with Crippen LogP contribution in [0.15, 0.2) is 37.3 Å². The van der Waals surface area contributed by atoms with Crippen molar-refractivity contribution in [3.05, 3.63) is 37.3 Å². The molecule has 4 aliphatic carbocycles. The van der Waals surface area contributed by atoms with E-state index in [1.807, 2.05) is 6.08 Å². The molecule has 4 nitrogen and oxygen atoms in total. The van der Waals surface area contributed by atoms with Crippen molar-refractivity contribution in [3.63, 3.8) is 0 Å². The maximum Gasteiger partial charge on any atom is 0.253 e. The van der Waals surface area contributed by atoms with Gasteiger partial charge in [0.1, 0.15) is 5.78 Å². The van der Waals surface area contributed by atoms with Gasteiger partial charge < -0.3 is 9.47 Å². The summed E-state index contributed by atoms with van der Waals surface area (Å²) < 4.78 is 11.6. The number of Topliss-reactive ketones (excluding diaryl/α,β-unsaturated/α-hetero) is 1. The van der Waals surface area contributed by atoms with E-state index in [0.717, 1.165) is 44.1 Å². The summed E-state index contributed by atoms with van der Waals surface area (Å²) in [6, 6.07) is 0. The van der Waals surface area contributed by atoms with Crippen molar-refractivity contribution in [1.82, 2.24) is 0 Å². The summed E-state index contributed by atoms with van der Waals surface area (Å²) in [4.78, 5) is 25.7. The van der Waals surface area contributed by atoms with Crippen molar-refractivity contribution in [2.75, 3.05) is 0 Å². The van der Waals surface area contributed by atoms with Gasteiger partial charge in [-0.1, -0.05) is 32.6 Å². The molecule has 0 saturated heterocycles. The fourth-order valence-electron chi connectivity index (χ4n) is 7.55. The zero-order valence-electron chi connectivity index (χ0n) is 18.0. The van der Waals surface area contributed by atoms with Crippen molar-refractivity contribution < 1.29 is 19.1 Å². The first-order valence-electron chi connectivity index (χ1n) is 11.0. The van der Waals surface area contributed by atoms with Crippen LogP contribution in [0, 0.1) is 34.5 Å². The first-order valence-corrected chi connectivity index (χ1v) is 11.0. The van der Waals surface area contributed by atoms with Gasteiger partial charge >= 0.3 is 0 Å². The van der Waals surface area contributed by atoms with Gasteiger partial charge in [0.05, 0.1) is 12.5 Å². The van der Waals surface area contributed by atoms with Crippen LogP contribution in [0.1, 0.15) is 65.7 Å². The Balaban J connectivity index is 1.69. The molecule has 0 heterocycles. The molecule has 0 bridgehead atoms. The second kappa shape index (κ2) is 6.85. The molecule has 0 amide bonds. The molecule has 3 saturated carbocycles. The SMILES string of the molecule is C=COC1(OC=C)CC[C@@]2(C)C(=CC(=O)[C@H]3[C@@H]4CC[C@H](C(C)=O)[C@@]4(C)CC[C@@H]32)C1. The molecule has 0 N–H and O–H groups in total.